The van der Waals surface area contributed by atoms with E-state index in [0.717, 1.165) is 57.0 Å². The number of carbonyl (C=O) groups is 1. The Morgan fingerprint density at radius 3 is 2.64 bits per heavy atom. The van der Waals surface area contributed by atoms with Crippen LogP contribution in [-0.4, -0.2) is 35.5 Å². The first kappa shape index (κ1) is 16.8. The van der Waals surface area contributed by atoms with Crippen LogP contribution in [0.1, 0.15) is 70.9 Å². The van der Waals surface area contributed by atoms with Crippen LogP contribution in [0.4, 0.5) is 4.79 Å². The zero-order valence-electron chi connectivity index (χ0n) is 14.3. The molecule has 1 aromatic rings. The predicted octanol–water partition coefficient (Wildman–Crippen LogP) is 3.66. The van der Waals surface area contributed by atoms with Gasteiger partial charge in [0, 0.05) is 31.0 Å². The number of likely N-dealkylation sites (tertiary alicyclic amines) is 1. The fourth-order valence-electron chi connectivity index (χ4n) is 2.64. The van der Waals surface area contributed by atoms with Crippen molar-refractivity contribution in [2.24, 2.45) is 0 Å². The number of nitrogens with one attached hydrogen (secondary N) is 1. The molecule has 1 aliphatic heterocycles. The molecule has 0 atom stereocenters. The van der Waals surface area contributed by atoms with Crippen molar-refractivity contribution >= 4 is 6.03 Å². The van der Waals surface area contributed by atoms with Crippen LogP contribution in [0, 0.1) is 0 Å². The summed E-state index contributed by atoms with van der Waals surface area (Å²) in [5, 5.41) is 2.98. The second-order valence-electron chi connectivity index (χ2n) is 7.16. The van der Waals surface area contributed by atoms with Gasteiger partial charge in [0.25, 0.3) is 0 Å². The van der Waals surface area contributed by atoms with Crippen LogP contribution >= 0.6 is 0 Å². The molecule has 0 unspecified atom stereocenters. The van der Waals surface area contributed by atoms with Crippen molar-refractivity contribution in [3.63, 3.8) is 0 Å². The van der Waals surface area contributed by atoms with Crippen LogP contribution in [0.2, 0.25) is 0 Å². The summed E-state index contributed by atoms with van der Waals surface area (Å²) in [6, 6.07) is 0.0645. The number of unbranched alkanes of at least 4 members (excludes halogenated alkanes) is 1. The third kappa shape index (κ3) is 4.24. The highest BCUT2D eigenvalue weighted by Gasteiger charge is 2.28. The number of carbonyl (C=O) groups excluding carboxylic acids is 1. The Morgan fingerprint density at radius 2 is 2.09 bits per heavy atom. The quantitative estimate of drug-likeness (QED) is 0.864. The number of hydrogen-bond donors (Lipinski definition) is 1. The Kier molecular flexibility index (Phi) is 5.48. The highest BCUT2D eigenvalue weighted by Crippen LogP contribution is 2.31. The number of oxazole rings is 1. The fourth-order valence-corrected chi connectivity index (χ4v) is 2.64. The Labute approximate surface area is 133 Å². The number of piperidine rings is 1. The van der Waals surface area contributed by atoms with Crippen LogP contribution in [0.5, 0.6) is 0 Å². The molecule has 0 bridgehead atoms. The number of aromatic nitrogens is 1. The van der Waals surface area contributed by atoms with E-state index < -0.39 is 0 Å². The molecule has 1 aliphatic rings. The largest absolute Gasteiger partial charge is 0.445 e. The van der Waals surface area contributed by atoms with Gasteiger partial charge in [-0.2, -0.15) is 0 Å². The van der Waals surface area contributed by atoms with Crippen molar-refractivity contribution in [3.8, 4) is 0 Å². The Morgan fingerprint density at radius 1 is 1.41 bits per heavy atom. The Bertz CT molecular complexity index is 482. The summed E-state index contributed by atoms with van der Waals surface area (Å²) < 4.78 is 5.93. The van der Waals surface area contributed by atoms with Crippen molar-refractivity contribution in [3.05, 3.63) is 17.8 Å². The van der Waals surface area contributed by atoms with Crippen molar-refractivity contribution in [1.29, 1.82) is 0 Å². The average Bonchev–Trinajstić information content (AvgIpc) is 2.97. The summed E-state index contributed by atoms with van der Waals surface area (Å²) in [6.07, 6.45) is 5.83. The highest BCUT2D eigenvalue weighted by molar-refractivity contribution is 5.74. The van der Waals surface area contributed by atoms with Gasteiger partial charge in [-0.05, 0) is 19.3 Å². The molecular formula is C17H29N3O2. The fraction of sp³-hybridized carbons (Fsp3) is 0.765. The van der Waals surface area contributed by atoms with Crippen LogP contribution in [0.3, 0.4) is 0 Å². The molecule has 5 heteroatoms. The normalized spacial score (nSPS) is 16.8. The first-order valence-electron chi connectivity index (χ1n) is 8.40. The van der Waals surface area contributed by atoms with E-state index in [1.807, 2.05) is 11.1 Å². The minimum Gasteiger partial charge on any atom is -0.445 e. The molecule has 2 rings (SSSR count). The van der Waals surface area contributed by atoms with Gasteiger partial charge in [0.2, 0.25) is 0 Å². The van der Waals surface area contributed by atoms with E-state index in [9.17, 15) is 4.79 Å². The molecule has 1 N–H and O–H groups in total. The van der Waals surface area contributed by atoms with Crippen LogP contribution in [-0.2, 0) is 5.41 Å². The molecule has 5 nitrogen and oxygen atoms in total. The number of urea groups is 1. The van der Waals surface area contributed by atoms with Crippen molar-refractivity contribution in [2.75, 3.05) is 19.6 Å². The van der Waals surface area contributed by atoms with Crippen LogP contribution in [0.25, 0.3) is 0 Å². The lowest BCUT2D eigenvalue weighted by atomic mass is 9.94. The molecule has 0 radical (unpaired) electrons. The SMILES string of the molecule is CCCCNC(=O)N1CCC(c2ncc(C(C)(C)C)o2)CC1. The van der Waals surface area contributed by atoms with Gasteiger partial charge in [-0.1, -0.05) is 34.1 Å². The molecule has 2 heterocycles. The Hall–Kier alpha value is -1.52. The second kappa shape index (κ2) is 7.16. The lowest BCUT2D eigenvalue weighted by Gasteiger charge is -2.30. The molecule has 124 valence electrons. The summed E-state index contributed by atoms with van der Waals surface area (Å²) in [6.45, 7) is 10.8. The van der Waals surface area contributed by atoms with Gasteiger partial charge in [0.1, 0.15) is 5.76 Å². The van der Waals surface area contributed by atoms with Gasteiger partial charge in [0.05, 0.1) is 6.20 Å². The van der Waals surface area contributed by atoms with E-state index in [0.29, 0.717) is 5.92 Å². The molecule has 22 heavy (non-hydrogen) atoms. The maximum Gasteiger partial charge on any atom is 0.317 e. The molecule has 2 amide bonds. The van der Waals surface area contributed by atoms with Gasteiger partial charge >= 0.3 is 6.03 Å². The van der Waals surface area contributed by atoms with Gasteiger partial charge < -0.3 is 14.6 Å². The Balaban J connectivity index is 1.84. The minimum absolute atomic E-state index is 0.00881. The number of rotatable bonds is 4. The van der Waals surface area contributed by atoms with Gasteiger partial charge in [0.15, 0.2) is 5.89 Å². The average molecular weight is 307 g/mol. The summed E-state index contributed by atoms with van der Waals surface area (Å²) in [7, 11) is 0. The van der Waals surface area contributed by atoms with E-state index >= 15 is 0 Å². The molecule has 1 saturated heterocycles. The van der Waals surface area contributed by atoms with Gasteiger partial charge in [-0.15, -0.1) is 0 Å². The first-order chi connectivity index (χ1) is 10.4. The number of hydrogen-bond acceptors (Lipinski definition) is 3. The van der Waals surface area contributed by atoms with E-state index in [4.69, 9.17) is 4.42 Å². The van der Waals surface area contributed by atoms with E-state index in [1.54, 1.807) is 0 Å². The third-order valence-electron chi connectivity index (χ3n) is 4.20. The van der Waals surface area contributed by atoms with Gasteiger partial charge in [-0.3, -0.25) is 0 Å². The van der Waals surface area contributed by atoms with Crippen molar-refractivity contribution in [2.45, 2.75) is 64.7 Å². The van der Waals surface area contributed by atoms with E-state index in [1.165, 1.54) is 0 Å². The smallest absolute Gasteiger partial charge is 0.317 e. The summed E-state index contributed by atoms with van der Waals surface area (Å²) >= 11 is 0. The van der Waals surface area contributed by atoms with Crippen molar-refractivity contribution < 1.29 is 9.21 Å². The predicted molar refractivity (Wildman–Crippen MR) is 87.1 cm³/mol. The van der Waals surface area contributed by atoms with E-state index in [-0.39, 0.29) is 11.4 Å². The summed E-state index contributed by atoms with van der Waals surface area (Å²) in [5.74, 6) is 2.09. The first-order valence-corrected chi connectivity index (χ1v) is 8.40. The topological polar surface area (TPSA) is 58.4 Å². The zero-order valence-corrected chi connectivity index (χ0v) is 14.3. The molecule has 0 aromatic carbocycles. The molecule has 1 fully saturated rings. The maximum atomic E-state index is 12.0. The second-order valence-corrected chi connectivity index (χ2v) is 7.16. The molecule has 0 aliphatic carbocycles. The van der Waals surface area contributed by atoms with Gasteiger partial charge in [-0.25, -0.2) is 9.78 Å². The minimum atomic E-state index is -0.00881. The highest BCUT2D eigenvalue weighted by atomic mass is 16.4. The van der Waals surface area contributed by atoms with Crippen LogP contribution < -0.4 is 5.32 Å². The monoisotopic (exact) mass is 307 g/mol. The lowest BCUT2D eigenvalue weighted by Crippen LogP contribution is -2.44. The standard InChI is InChI=1S/C17H29N3O2/c1-5-6-9-18-16(21)20-10-7-13(8-11-20)15-19-12-14(22-15)17(2,3)4/h12-13H,5-11H2,1-4H3,(H,18,21). The summed E-state index contributed by atoms with van der Waals surface area (Å²) in [5.41, 5.74) is -0.00881. The molecule has 0 spiro atoms. The number of amides is 2. The molecule has 0 saturated carbocycles. The zero-order chi connectivity index (χ0) is 16.2. The lowest BCUT2D eigenvalue weighted by molar-refractivity contribution is 0.176. The summed E-state index contributed by atoms with van der Waals surface area (Å²) in [4.78, 5) is 18.4. The van der Waals surface area contributed by atoms with Crippen molar-refractivity contribution in [1.82, 2.24) is 15.2 Å². The molecular weight excluding hydrogens is 278 g/mol. The van der Waals surface area contributed by atoms with Crippen LogP contribution in [0.15, 0.2) is 10.6 Å². The van der Waals surface area contributed by atoms with E-state index in [2.05, 4.69) is 38.0 Å². The number of nitrogens with zero attached hydrogens (tertiary/aromatic N) is 2. The molecule has 1 aromatic heterocycles. The third-order valence-corrected chi connectivity index (χ3v) is 4.20. The maximum absolute atomic E-state index is 12.0.